The van der Waals surface area contributed by atoms with E-state index in [9.17, 15) is 37.0 Å². The summed E-state index contributed by atoms with van der Waals surface area (Å²) >= 11 is 0. The number of rotatable bonds is 9. The highest BCUT2D eigenvalue weighted by Crippen LogP contribution is 2.38. The summed E-state index contributed by atoms with van der Waals surface area (Å²) in [7, 11) is 0. The van der Waals surface area contributed by atoms with Gasteiger partial charge in [0.2, 0.25) is 5.82 Å². The number of amides is 1. The van der Waals surface area contributed by atoms with Crippen molar-refractivity contribution >= 4 is 5.91 Å². The van der Waals surface area contributed by atoms with Gasteiger partial charge in [-0.25, -0.2) is 22.0 Å². The molecule has 2 aliphatic rings. The third-order valence-electron chi connectivity index (χ3n) is 7.90. The van der Waals surface area contributed by atoms with Crippen LogP contribution in [0.4, 0.5) is 22.0 Å². The fraction of sp³-hybridized carbons (Fsp3) is 0.387. The van der Waals surface area contributed by atoms with E-state index in [1.807, 2.05) is 24.3 Å². The summed E-state index contributed by atoms with van der Waals surface area (Å²) in [4.78, 5) is 14.5. The van der Waals surface area contributed by atoms with Crippen molar-refractivity contribution in [3.05, 3.63) is 105 Å². The van der Waals surface area contributed by atoms with Gasteiger partial charge in [0.25, 0.3) is 5.91 Å². The van der Waals surface area contributed by atoms with E-state index in [1.54, 1.807) is 24.3 Å². The average molecular weight is 607 g/mol. The molecule has 3 aromatic carbocycles. The van der Waals surface area contributed by atoms with E-state index >= 15 is 0 Å². The van der Waals surface area contributed by atoms with Crippen LogP contribution in [0.15, 0.2) is 48.5 Å². The molecule has 43 heavy (non-hydrogen) atoms. The topological polar surface area (TPSA) is 91.3 Å². The van der Waals surface area contributed by atoms with Crippen molar-refractivity contribution in [3.63, 3.8) is 0 Å². The van der Waals surface area contributed by atoms with E-state index in [0.717, 1.165) is 30.5 Å². The van der Waals surface area contributed by atoms with Crippen molar-refractivity contribution in [3.8, 4) is 0 Å². The predicted molar refractivity (Wildman–Crippen MR) is 144 cm³/mol. The first kappa shape index (κ1) is 31.0. The Kier molecular flexibility index (Phi) is 9.72. The van der Waals surface area contributed by atoms with Gasteiger partial charge < -0.3 is 25.0 Å². The van der Waals surface area contributed by atoms with E-state index in [2.05, 4.69) is 10.2 Å². The first-order valence-electron chi connectivity index (χ1n) is 13.9. The van der Waals surface area contributed by atoms with Crippen LogP contribution in [0, 0.1) is 29.1 Å². The number of aliphatic hydroxyl groups excluding tert-OH is 2. The first-order chi connectivity index (χ1) is 20.7. The fourth-order valence-electron chi connectivity index (χ4n) is 5.50. The molecule has 2 fully saturated rings. The van der Waals surface area contributed by atoms with Gasteiger partial charge in [0, 0.05) is 31.1 Å². The summed E-state index contributed by atoms with van der Waals surface area (Å²) in [6.45, 7) is 1.22. The number of hydrogen-bond acceptors (Lipinski definition) is 6. The normalized spacial score (nSPS) is 22.6. The van der Waals surface area contributed by atoms with Gasteiger partial charge in [-0.1, -0.05) is 48.5 Å². The van der Waals surface area contributed by atoms with Crippen LogP contribution in [-0.4, -0.2) is 52.9 Å². The summed E-state index contributed by atoms with van der Waals surface area (Å²) in [6.07, 6.45) is 1.20. The summed E-state index contributed by atoms with van der Waals surface area (Å²) in [5.74, 6) is -12.6. The van der Waals surface area contributed by atoms with Gasteiger partial charge in [-0.2, -0.15) is 0 Å². The van der Waals surface area contributed by atoms with Gasteiger partial charge in [-0.05, 0) is 36.1 Å². The molecule has 0 radical (unpaired) electrons. The molecule has 2 heterocycles. The van der Waals surface area contributed by atoms with Gasteiger partial charge in [-0.15, -0.1) is 0 Å². The van der Waals surface area contributed by atoms with Crippen LogP contribution < -0.4 is 5.32 Å². The van der Waals surface area contributed by atoms with E-state index in [1.165, 1.54) is 0 Å². The molecular weight excluding hydrogens is 575 g/mol. The number of aliphatic hydroxyl groups is 2. The maximum atomic E-state index is 14.0. The van der Waals surface area contributed by atoms with Gasteiger partial charge >= 0.3 is 0 Å². The Morgan fingerprint density at radius 2 is 1.44 bits per heavy atom. The van der Waals surface area contributed by atoms with Crippen LogP contribution in [0.1, 0.15) is 64.3 Å². The number of hydrogen-bond donors (Lipinski definition) is 3. The Labute approximate surface area is 244 Å². The quantitative estimate of drug-likeness (QED) is 0.184. The van der Waals surface area contributed by atoms with Crippen molar-refractivity contribution in [2.24, 2.45) is 0 Å². The van der Waals surface area contributed by atoms with Crippen LogP contribution in [0.25, 0.3) is 0 Å². The Morgan fingerprint density at radius 1 is 0.837 bits per heavy atom. The molecule has 3 aromatic rings. The van der Waals surface area contributed by atoms with E-state index < -0.39 is 46.8 Å². The summed E-state index contributed by atoms with van der Waals surface area (Å²) in [5, 5.41) is 21.4. The van der Waals surface area contributed by atoms with Crippen molar-refractivity contribution in [1.29, 1.82) is 0 Å². The number of carbonyl (C=O) groups is 1. The molecule has 0 bridgehead atoms. The van der Waals surface area contributed by atoms with Crippen LogP contribution >= 0.6 is 0 Å². The molecule has 0 saturated carbocycles. The van der Waals surface area contributed by atoms with E-state index in [4.69, 9.17) is 9.47 Å². The molecule has 7 nitrogen and oxygen atoms in total. The summed E-state index contributed by atoms with van der Waals surface area (Å²) in [6, 6.07) is 14.2. The van der Waals surface area contributed by atoms with E-state index in [-0.39, 0.29) is 38.0 Å². The SMILES string of the molecule is O=C(NCc1ccc([C@H]2O[C@@H](CN3CCC[C@H]3CO)C[C@@H](c3ccc(CO)cc3)O2)cc1)c1c(F)c(F)c(F)c(F)c1F. The molecule has 2 saturated heterocycles. The van der Waals surface area contributed by atoms with Gasteiger partial charge in [0.15, 0.2) is 29.6 Å². The largest absolute Gasteiger partial charge is 0.395 e. The number of nitrogens with zero attached hydrogens (tertiary/aromatic N) is 1. The lowest BCUT2D eigenvalue weighted by Gasteiger charge is -2.38. The Hall–Kier alpha value is -3.42. The lowest BCUT2D eigenvalue weighted by atomic mass is 9.99. The highest BCUT2D eigenvalue weighted by Gasteiger charge is 2.35. The molecule has 2 aliphatic heterocycles. The van der Waals surface area contributed by atoms with Crippen molar-refractivity contribution in [1.82, 2.24) is 10.2 Å². The Morgan fingerprint density at radius 3 is 2.07 bits per heavy atom. The highest BCUT2D eigenvalue weighted by atomic mass is 19.2. The lowest BCUT2D eigenvalue weighted by Crippen LogP contribution is -2.42. The van der Waals surface area contributed by atoms with Crippen LogP contribution in [0.5, 0.6) is 0 Å². The molecule has 1 amide bonds. The minimum absolute atomic E-state index is 0.0705. The lowest BCUT2D eigenvalue weighted by molar-refractivity contribution is -0.253. The predicted octanol–water partition coefficient (Wildman–Crippen LogP) is 4.81. The van der Waals surface area contributed by atoms with Crippen molar-refractivity contribution < 1.29 is 46.4 Å². The molecule has 0 aliphatic carbocycles. The number of ether oxygens (including phenoxy) is 2. The molecule has 5 rings (SSSR count). The zero-order valence-corrected chi connectivity index (χ0v) is 23.0. The third kappa shape index (κ3) is 6.73. The molecule has 0 unspecified atom stereocenters. The molecule has 0 aromatic heterocycles. The monoisotopic (exact) mass is 606 g/mol. The van der Waals surface area contributed by atoms with Crippen LogP contribution in [0.2, 0.25) is 0 Å². The second-order valence-corrected chi connectivity index (χ2v) is 10.7. The zero-order chi connectivity index (χ0) is 30.7. The molecule has 0 spiro atoms. The molecule has 4 atom stereocenters. The minimum Gasteiger partial charge on any atom is -0.395 e. The van der Waals surface area contributed by atoms with Gasteiger partial charge in [-0.3, -0.25) is 9.69 Å². The zero-order valence-electron chi connectivity index (χ0n) is 23.0. The standard InChI is InChI=1S/C31H31F5N2O5/c32-25-24(26(33)28(35)29(36)27(25)34)30(41)37-13-17-3-9-20(10-4-17)31-42-22(14-38-11-1-2-21(38)16-40)12-23(43-31)19-7-5-18(15-39)6-8-19/h3-10,21-23,31,39-40H,1-2,11-16H2,(H,37,41)/t21-,22+,23-,31-/m0/s1. The second-order valence-electron chi connectivity index (χ2n) is 10.7. The van der Waals surface area contributed by atoms with Crippen molar-refractivity contribution in [2.45, 2.75) is 57.0 Å². The smallest absolute Gasteiger partial charge is 0.257 e. The maximum absolute atomic E-state index is 14.0. The van der Waals surface area contributed by atoms with Crippen LogP contribution in [0.3, 0.4) is 0 Å². The highest BCUT2D eigenvalue weighted by molar-refractivity contribution is 5.94. The molecule has 230 valence electrons. The maximum Gasteiger partial charge on any atom is 0.257 e. The number of benzene rings is 3. The molecule has 3 N–H and O–H groups in total. The third-order valence-corrected chi connectivity index (χ3v) is 7.90. The number of carbonyl (C=O) groups excluding carboxylic acids is 1. The molecule has 12 heteroatoms. The Balaban J connectivity index is 1.29. The van der Waals surface area contributed by atoms with E-state index in [0.29, 0.717) is 24.1 Å². The number of halogens is 5. The first-order valence-corrected chi connectivity index (χ1v) is 13.9. The van der Waals surface area contributed by atoms with Gasteiger partial charge in [0.1, 0.15) is 5.56 Å². The van der Waals surface area contributed by atoms with Crippen molar-refractivity contribution in [2.75, 3.05) is 19.7 Å². The number of likely N-dealkylation sites (tertiary alicyclic amines) is 1. The molecular formula is C31H31F5N2O5. The average Bonchev–Trinajstić information content (AvgIpc) is 3.49. The summed E-state index contributed by atoms with van der Waals surface area (Å²) in [5.41, 5.74) is 1.30. The van der Waals surface area contributed by atoms with Crippen LogP contribution in [-0.2, 0) is 22.6 Å². The second kappa shape index (κ2) is 13.5. The Bertz CT molecular complexity index is 1410. The summed E-state index contributed by atoms with van der Waals surface area (Å²) < 4.78 is 81.0. The van der Waals surface area contributed by atoms with Gasteiger partial charge in [0.05, 0.1) is 25.4 Å². The minimum atomic E-state index is -2.34. The number of nitrogens with one attached hydrogen (secondary N) is 1. The fourth-order valence-corrected chi connectivity index (χ4v) is 5.50.